The van der Waals surface area contributed by atoms with E-state index in [2.05, 4.69) is 15.9 Å². The van der Waals surface area contributed by atoms with Crippen molar-refractivity contribution in [3.63, 3.8) is 0 Å². The molecule has 0 bridgehead atoms. The highest BCUT2D eigenvalue weighted by Gasteiger charge is 2.52. The lowest BCUT2D eigenvalue weighted by Crippen LogP contribution is -2.43. The van der Waals surface area contributed by atoms with Crippen LogP contribution in [0.3, 0.4) is 0 Å². The summed E-state index contributed by atoms with van der Waals surface area (Å²) in [7, 11) is 1.39. The number of nitrogens with zero attached hydrogens (tertiary/aromatic N) is 1. The maximum absolute atomic E-state index is 11.5. The fourth-order valence-corrected chi connectivity index (χ4v) is 2.87. The molecule has 84 valence electrons. The number of carbonyl (C=O) groups excluding carboxylic acids is 1. The van der Waals surface area contributed by atoms with Crippen LogP contribution >= 0.6 is 15.9 Å². The summed E-state index contributed by atoms with van der Waals surface area (Å²) in [4.78, 5) is 17.0. The van der Waals surface area contributed by atoms with Gasteiger partial charge in [0.2, 0.25) is 0 Å². The first-order chi connectivity index (χ1) is 7.13. The smallest absolute Gasteiger partial charge is 0.338 e. The zero-order chi connectivity index (χ0) is 11.1. The van der Waals surface area contributed by atoms with Gasteiger partial charge in [0.15, 0.2) is 0 Å². The number of rotatable bonds is 2. The summed E-state index contributed by atoms with van der Waals surface area (Å²) in [6.45, 7) is 2.02. The quantitative estimate of drug-likeness (QED) is 0.567. The summed E-state index contributed by atoms with van der Waals surface area (Å²) >= 11 is 3.45. The minimum Gasteiger partial charge on any atom is -0.466 e. The van der Waals surface area contributed by atoms with Gasteiger partial charge in [0, 0.05) is 5.33 Å². The molecule has 5 heteroatoms. The second kappa shape index (κ2) is 3.79. The van der Waals surface area contributed by atoms with E-state index >= 15 is 0 Å². The molecule has 2 atom stereocenters. The standard InChI is InChI=1S/C10H14BrNO3/c1-10-4-3-7(5-11)12(10)15-6-8(10)9(13)14-2/h6-7H,3-5H2,1-2H3/t7-,10-/m1/s1. The molecule has 0 radical (unpaired) electrons. The molecule has 0 aromatic rings. The normalized spacial score (nSPS) is 34.6. The monoisotopic (exact) mass is 275 g/mol. The van der Waals surface area contributed by atoms with Crippen molar-refractivity contribution >= 4 is 21.9 Å². The molecule has 0 aromatic carbocycles. The zero-order valence-corrected chi connectivity index (χ0v) is 10.4. The van der Waals surface area contributed by atoms with Crippen LogP contribution < -0.4 is 0 Å². The van der Waals surface area contributed by atoms with Gasteiger partial charge in [0.1, 0.15) is 6.26 Å². The number of fused-ring (bicyclic) bond motifs is 1. The molecule has 0 amide bonds. The van der Waals surface area contributed by atoms with Crippen molar-refractivity contribution in [1.82, 2.24) is 5.06 Å². The minimum atomic E-state index is -0.314. The SMILES string of the molecule is COC(=O)C1=CON2[C@@H](CBr)CC[C@]12C. The van der Waals surface area contributed by atoms with Crippen molar-refractivity contribution in [2.75, 3.05) is 12.4 Å². The first kappa shape index (κ1) is 11.0. The highest BCUT2D eigenvalue weighted by Crippen LogP contribution is 2.44. The molecule has 0 saturated carbocycles. The van der Waals surface area contributed by atoms with Crippen LogP contribution in [0.2, 0.25) is 0 Å². The molecule has 0 spiro atoms. The first-order valence-electron chi connectivity index (χ1n) is 4.94. The van der Waals surface area contributed by atoms with Crippen LogP contribution in [-0.2, 0) is 14.4 Å². The molecule has 1 fully saturated rings. The van der Waals surface area contributed by atoms with E-state index in [0.29, 0.717) is 11.6 Å². The Morgan fingerprint density at radius 3 is 3.20 bits per heavy atom. The summed E-state index contributed by atoms with van der Waals surface area (Å²) in [6.07, 6.45) is 3.46. The van der Waals surface area contributed by atoms with Gasteiger partial charge in [0.25, 0.3) is 0 Å². The molecule has 2 aliphatic heterocycles. The summed E-state index contributed by atoms with van der Waals surface area (Å²) in [6, 6.07) is 0.327. The number of esters is 1. The van der Waals surface area contributed by atoms with E-state index in [-0.39, 0.29) is 11.5 Å². The highest BCUT2D eigenvalue weighted by molar-refractivity contribution is 9.09. The summed E-state index contributed by atoms with van der Waals surface area (Å²) in [5.41, 5.74) is 0.305. The third kappa shape index (κ3) is 1.49. The van der Waals surface area contributed by atoms with Gasteiger partial charge in [0.05, 0.1) is 24.3 Å². The van der Waals surface area contributed by atoms with E-state index in [1.54, 1.807) is 0 Å². The Bertz CT molecular complexity index is 318. The van der Waals surface area contributed by atoms with Gasteiger partial charge >= 0.3 is 5.97 Å². The maximum atomic E-state index is 11.5. The Morgan fingerprint density at radius 1 is 1.87 bits per heavy atom. The minimum absolute atomic E-state index is 0.296. The number of halogens is 1. The van der Waals surface area contributed by atoms with Gasteiger partial charge in [-0.15, -0.1) is 5.06 Å². The van der Waals surface area contributed by atoms with Crippen LogP contribution in [-0.4, -0.2) is 35.1 Å². The Hall–Kier alpha value is -0.550. The average Bonchev–Trinajstić information content (AvgIpc) is 2.71. The molecule has 0 unspecified atom stereocenters. The largest absolute Gasteiger partial charge is 0.466 e. The highest BCUT2D eigenvalue weighted by atomic mass is 79.9. The van der Waals surface area contributed by atoms with Crippen molar-refractivity contribution in [3.05, 3.63) is 11.8 Å². The van der Waals surface area contributed by atoms with Crippen molar-refractivity contribution < 1.29 is 14.4 Å². The number of methoxy groups -OCH3 is 1. The Labute approximate surface area is 97.3 Å². The molecule has 0 aromatic heterocycles. The topological polar surface area (TPSA) is 38.8 Å². The van der Waals surface area contributed by atoms with Gasteiger partial charge < -0.3 is 9.57 Å². The second-order valence-corrected chi connectivity index (χ2v) is 4.72. The van der Waals surface area contributed by atoms with E-state index in [9.17, 15) is 4.79 Å². The number of hydrogen-bond donors (Lipinski definition) is 0. The van der Waals surface area contributed by atoms with Crippen LogP contribution in [0.1, 0.15) is 19.8 Å². The second-order valence-electron chi connectivity index (χ2n) is 4.07. The predicted molar refractivity (Wildman–Crippen MR) is 58.2 cm³/mol. The van der Waals surface area contributed by atoms with Crippen molar-refractivity contribution in [2.24, 2.45) is 0 Å². The molecule has 4 nitrogen and oxygen atoms in total. The number of hydrogen-bond acceptors (Lipinski definition) is 4. The van der Waals surface area contributed by atoms with Crippen LogP contribution in [0.5, 0.6) is 0 Å². The molecular weight excluding hydrogens is 262 g/mol. The van der Waals surface area contributed by atoms with E-state index in [1.165, 1.54) is 13.4 Å². The predicted octanol–water partition coefficient (Wildman–Crippen LogP) is 1.61. The first-order valence-corrected chi connectivity index (χ1v) is 6.06. The van der Waals surface area contributed by atoms with Crippen molar-refractivity contribution in [2.45, 2.75) is 31.3 Å². The van der Waals surface area contributed by atoms with E-state index in [1.807, 2.05) is 12.0 Å². The van der Waals surface area contributed by atoms with Crippen LogP contribution in [0, 0.1) is 0 Å². The lowest BCUT2D eigenvalue weighted by Gasteiger charge is -2.29. The van der Waals surface area contributed by atoms with Gasteiger partial charge in [-0.2, -0.15) is 0 Å². The van der Waals surface area contributed by atoms with Gasteiger partial charge in [-0.05, 0) is 19.8 Å². The molecule has 2 aliphatic rings. The molecule has 2 heterocycles. The summed E-state index contributed by atoms with van der Waals surface area (Å²) in [5.74, 6) is -0.296. The van der Waals surface area contributed by atoms with Crippen LogP contribution in [0.15, 0.2) is 11.8 Å². The number of carbonyl (C=O) groups is 1. The Balaban J connectivity index is 2.23. The number of ether oxygens (including phenoxy) is 1. The Morgan fingerprint density at radius 2 is 2.60 bits per heavy atom. The maximum Gasteiger partial charge on any atom is 0.338 e. The molecule has 0 aliphatic carbocycles. The summed E-state index contributed by atoms with van der Waals surface area (Å²) in [5, 5.41) is 2.75. The molecule has 15 heavy (non-hydrogen) atoms. The van der Waals surface area contributed by atoms with Crippen molar-refractivity contribution in [1.29, 1.82) is 0 Å². The lowest BCUT2D eigenvalue weighted by molar-refractivity contribution is -0.145. The molecule has 1 saturated heterocycles. The van der Waals surface area contributed by atoms with Gasteiger partial charge in [-0.1, -0.05) is 15.9 Å². The van der Waals surface area contributed by atoms with Gasteiger partial charge in [-0.25, -0.2) is 4.79 Å². The number of hydroxylamine groups is 2. The van der Waals surface area contributed by atoms with Crippen molar-refractivity contribution in [3.8, 4) is 0 Å². The average molecular weight is 276 g/mol. The van der Waals surface area contributed by atoms with Gasteiger partial charge in [-0.3, -0.25) is 0 Å². The fourth-order valence-electron chi connectivity index (χ4n) is 2.29. The van der Waals surface area contributed by atoms with E-state index < -0.39 is 0 Å². The molecule has 0 N–H and O–H groups in total. The van der Waals surface area contributed by atoms with Crippen LogP contribution in [0.25, 0.3) is 0 Å². The molecule has 2 rings (SSSR count). The third-order valence-electron chi connectivity index (χ3n) is 3.23. The fraction of sp³-hybridized carbons (Fsp3) is 0.700. The van der Waals surface area contributed by atoms with E-state index in [4.69, 9.17) is 9.57 Å². The lowest BCUT2D eigenvalue weighted by atomic mass is 9.91. The Kier molecular flexibility index (Phi) is 2.77. The molecular formula is C10H14BrNO3. The zero-order valence-electron chi connectivity index (χ0n) is 8.83. The van der Waals surface area contributed by atoms with Crippen LogP contribution in [0.4, 0.5) is 0 Å². The summed E-state index contributed by atoms with van der Waals surface area (Å²) < 4.78 is 4.75. The number of alkyl halides is 1. The third-order valence-corrected chi connectivity index (χ3v) is 3.98. The van der Waals surface area contributed by atoms with E-state index in [0.717, 1.165) is 18.2 Å².